The van der Waals surface area contributed by atoms with Gasteiger partial charge in [0.2, 0.25) is 0 Å². The smallest absolute Gasteiger partial charge is 0.335 e. The van der Waals surface area contributed by atoms with Crippen LogP contribution in [0.5, 0.6) is 0 Å². The summed E-state index contributed by atoms with van der Waals surface area (Å²) in [6.45, 7) is 3.73. The van der Waals surface area contributed by atoms with Crippen molar-refractivity contribution in [3.63, 3.8) is 0 Å². The Morgan fingerprint density at radius 1 is 1.13 bits per heavy atom. The Morgan fingerprint density at radius 3 is 2.00 bits per heavy atom. The van der Waals surface area contributed by atoms with Crippen LogP contribution in [0, 0.1) is 0 Å². The fourth-order valence-corrected chi connectivity index (χ4v) is 1.11. The summed E-state index contributed by atoms with van der Waals surface area (Å²) in [6.07, 6.45) is 0. The molecule has 0 radical (unpaired) electrons. The molecule has 0 saturated heterocycles. The lowest BCUT2D eigenvalue weighted by atomic mass is 10.1. The van der Waals surface area contributed by atoms with Crippen LogP contribution in [0.4, 0.5) is 0 Å². The maximum atomic E-state index is 11.5. The number of hydrogen-bond donors (Lipinski definition) is 2. The topological polar surface area (TPSA) is 66.4 Å². The first-order valence-corrected chi connectivity index (χ1v) is 4.65. The third-order valence-electron chi connectivity index (χ3n) is 1.81. The predicted octanol–water partition coefficient (Wildman–Crippen LogP) is 1.52. The normalized spacial score (nSPS) is 10.1. The Hall–Kier alpha value is -1.84. The number of rotatable bonds is 3. The van der Waals surface area contributed by atoms with Gasteiger partial charge in [-0.2, -0.15) is 0 Å². The minimum Gasteiger partial charge on any atom is -0.478 e. The lowest BCUT2D eigenvalue weighted by Gasteiger charge is -2.07. The molecule has 0 heterocycles. The van der Waals surface area contributed by atoms with Crippen molar-refractivity contribution in [2.45, 2.75) is 19.9 Å². The third-order valence-corrected chi connectivity index (χ3v) is 1.81. The largest absolute Gasteiger partial charge is 0.478 e. The van der Waals surface area contributed by atoms with E-state index < -0.39 is 5.97 Å². The van der Waals surface area contributed by atoms with Crippen molar-refractivity contribution in [1.82, 2.24) is 5.32 Å². The predicted molar refractivity (Wildman–Crippen MR) is 56.0 cm³/mol. The Kier molecular flexibility index (Phi) is 3.44. The first kappa shape index (κ1) is 11.2. The number of benzene rings is 1. The van der Waals surface area contributed by atoms with Gasteiger partial charge in [-0.25, -0.2) is 4.79 Å². The maximum Gasteiger partial charge on any atom is 0.335 e. The molecule has 0 aliphatic rings. The van der Waals surface area contributed by atoms with Crippen LogP contribution in [0.2, 0.25) is 0 Å². The molecule has 1 rings (SSSR count). The molecule has 4 heteroatoms. The molecule has 2 N–H and O–H groups in total. The van der Waals surface area contributed by atoms with Gasteiger partial charge in [-0.05, 0) is 38.1 Å². The molecular weight excluding hydrogens is 194 g/mol. The molecule has 1 amide bonds. The third kappa shape index (κ3) is 3.09. The highest BCUT2D eigenvalue weighted by Gasteiger charge is 2.08. The first-order chi connectivity index (χ1) is 7.00. The Morgan fingerprint density at radius 2 is 1.60 bits per heavy atom. The minimum atomic E-state index is -0.995. The summed E-state index contributed by atoms with van der Waals surface area (Å²) in [6, 6.07) is 5.90. The van der Waals surface area contributed by atoms with Gasteiger partial charge in [-0.15, -0.1) is 0 Å². The molecule has 0 bridgehead atoms. The number of carboxylic acids is 1. The van der Waals surface area contributed by atoms with E-state index >= 15 is 0 Å². The van der Waals surface area contributed by atoms with E-state index in [1.807, 2.05) is 13.8 Å². The van der Waals surface area contributed by atoms with Gasteiger partial charge in [0.1, 0.15) is 0 Å². The standard InChI is InChI=1S/C11H13NO3/c1-7(2)12-10(13)8-3-5-9(6-4-8)11(14)15/h3-7H,1-2H3,(H,12,13)(H,14,15). The summed E-state index contributed by atoms with van der Waals surface area (Å²) in [5, 5.41) is 11.4. The zero-order valence-corrected chi connectivity index (χ0v) is 8.65. The van der Waals surface area contributed by atoms with E-state index in [0.29, 0.717) is 5.56 Å². The van der Waals surface area contributed by atoms with Crippen LogP contribution >= 0.6 is 0 Å². The molecule has 4 nitrogen and oxygen atoms in total. The number of nitrogens with one attached hydrogen (secondary N) is 1. The molecule has 0 fully saturated rings. The van der Waals surface area contributed by atoms with Crippen molar-refractivity contribution >= 4 is 11.9 Å². The highest BCUT2D eigenvalue weighted by atomic mass is 16.4. The number of carbonyl (C=O) groups is 2. The van der Waals surface area contributed by atoms with E-state index in [-0.39, 0.29) is 17.5 Å². The number of carboxylic acid groups (broad SMARTS) is 1. The van der Waals surface area contributed by atoms with Crippen LogP contribution in [0.3, 0.4) is 0 Å². The molecular formula is C11H13NO3. The van der Waals surface area contributed by atoms with Crippen LogP contribution in [-0.2, 0) is 0 Å². The van der Waals surface area contributed by atoms with Crippen molar-refractivity contribution in [2.75, 3.05) is 0 Å². The van der Waals surface area contributed by atoms with Crippen molar-refractivity contribution in [3.05, 3.63) is 35.4 Å². The second-order valence-corrected chi connectivity index (χ2v) is 3.51. The van der Waals surface area contributed by atoms with E-state index in [1.54, 1.807) is 0 Å². The minimum absolute atomic E-state index is 0.0663. The van der Waals surface area contributed by atoms with Gasteiger partial charge in [0.05, 0.1) is 5.56 Å². The maximum absolute atomic E-state index is 11.5. The average Bonchev–Trinajstić information content (AvgIpc) is 2.17. The summed E-state index contributed by atoms with van der Waals surface area (Å²) < 4.78 is 0. The molecule has 15 heavy (non-hydrogen) atoms. The van der Waals surface area contributed by atoms with E-state index in [4.69, 9.17) is 5.11 Å². The zero-order valence-electron chi connectivity index (χ0n) is 8.65. The fourth-order valence-electron chi connectivity index (χ4n) is 1.11. The van der Waals surface area contributed by atoms with E-state index in [9.17, 15) is 9.59 Å². The van der Waals surface area contributed by atoms with Gasteiger partial charge >= 0.3 is 5.97 Å². The summed E-state index contributed by atoms with van der Waals surface area (Å²) in [4.78, 5) is 22.0. The van der Waals surface area contributed by atoms with Gasteiger partial charge in [-0.1, -0.05) is 0 Å². The summed E-state index contributed by atoms with van der Waals surface area (Å²) in [7, 11) is 0. The van der Waals surface area contributed by atoms with Crippen LogP contribution in [0.25, 0.3) is 0 Å². The summed E-state index contributed by atoms with van der Waals surface area (Å²) in [5.41, 5.74) is 0.643. The fraction of sp³-hybridized carbons (Fsp3) is 0.273. The molecule has 0 aromatic heterocycles. The van der Waals surface area contributed by atoms with Crippen molar-refractivity contribution in [1.29, 1.82) is 0 Å². The quantitative estimate of drug-likeness (QED) is 0.789. The molecule has 0 unspecified atom stereocenters. The number of aromatic carboxylic acids is 1. The monoisotopic (exact) mass is 207 g/mol. The number of carbonyl (C=O) groups excluding carboxylic acids is 1. The van der Waals surface area contributed by atoms with Gasteiger partial charge in [0.15, 0.2) is 0 Å². The Balaban J connectivity index is 2.80. The molecule has 0 aliphatic heterocycles. The van der Waals surface area contributed by atoms with Gasteiger partial charge in [0, 0.05) is 11.6 Å². The number of hydrogen-bond acceptors (Lipinski definition) is 2. The second-order valence-electron chi connectivity index (χ2n) is 3.51. The summed E-state index contributed by atoms with van der Waals surface area (Å²) in [5.74, 6) is -1.19. The van der Waals surface area contributed by atoms with E-state index in [2.05, 4.69) is 5.32 Å². The van der Waals surface area contributed by atoms with Crippen LogP contribution in [0.1, 0.15) is 34.6 Å². The van der Waals surface area contributed by atoms with Crippen molar-refractivity contribution < 1.29 is 14.7 Å². The molecule has 80 valence electrons. The Labute approximate surface area is 87.9 Å². The van der Waals surface area contributed by atoms with Crippen molar-refractivity contribution in [2.24, 2.45) is 0 Å². The van der Waals surface area contributed by atoms with Crippen molar-refractivity contribution in [3.8, 4) is 0 Å². The summed E-state index contributed by atoms with van der Waals surface area (Å²) >= 11 is 0. The lowest BCUT2D eigenvalue weighted by Crippen LogP contribution is -2.30. The van der Waals surface area contributed by atoms with E-state index in [1.165, 1.54) is 24.3 Å². The highest BCUT2D eigenvalue weighted by molar-refractivity contribution is 5.95. The molecule has 0 spiro atoms. The molecule has 1 aromatic rings. The Bertz CT molecular complexity index is 368. The SMILES string of the molecule is CC(C)NC(=O)c1ccc(C(=O)O)cc1. The van der Waals surface area contributed by atoms with Gasteiger partial charge < -0.3 is 10.4 Å². The molecule has 0 atom stereocenters. The molecule has 0 aliphatic carbocycles. The van der Waals surface area contributed by atoms with Gasteiger partial charge in [0.25, 0.3) is 5.91 Å². The highest BCUT2D eigenvalue weighted by Crippen LogP contribution is 2.04. The molecule has 1 aromatic carbocycles. The lowest BCUT2D eigenvalue weighted by molar-refractivity contribution is 0.0696. The number of amides is 1. The zero-order chi connectivity index (χ0) is 11.4. The van der Waals surface area contributed by atoms with Crippen LogP contribution < -0.4 is 5.32 Å². The second kappa shape index (κ2) is 4.59. The molecule has 0 saturated carbocycles. The van der Waals surface area contributed by atoms with Crippen LogP contribution in [0.15, 0.2) is 24.3 Å². The average molecular weight is 207 g/mol. The first-order valence-electron chi connectivity index (χ1n) is 4.65. The van der Waals surface area contributed by atoms with Gasteiger partial charge in [-0.3, -0.25) is 4.79 Å². The van der Waals surface area contributed by atoms with Crippen LogP contribution in [-0.4, -0.2) is 23.0 Å². The van der Waals surface area contributed by atoms with E-state index in [0.717, 1.165) is 0 Å².